The van der Waals surface area contributed by atoms with Gasteiger partial charge in [-0.2, -0.15) is 0 Å². The minimum Gasteiger partial charge on any atom is -0.0610 e. The normalized spacial score (nSPS) is 15.3. The fraction of sp³-hybridized carbons (Fsp3) is 0. The van der Waals surface area contributed by atoms with Gasteiger partial charge in [-0.05, 0) is 51.9 Å². The Balaban J connectivity index is 2.50. The number of rotatable bonds is 0. The van der Waals surface area contributed by atoms with Crippen LogP contribution in [0.3, 0.4) is 0 Å². The number of allylic oxidation sites excluding steroid dienone is 2. The highest BCUT2D eigenvalue weighted by Crippen LogP contribution is 2.05. The quantitative estimate of drug-likeness (QED) is 0.517. The molecular formula is C12H6. The highest BCUT2D eigenvalue weighted by Gasteiger charge is 2.01. The zero-order valence-electron chi connectivity index (χ0n) is 6.46. The Morgan fingerprint density at radius 1 is 1.08 bits per heavy atom. The van der Waals surface area contributed by atoms with Crippen LogP contribution in [0.2, 0.25) is 0 Å². The molecule has 0 amide bonds. The first-order chi connectivity index (χ1) is 5.93. The van der Waals surface area contributed by atoms with Gasteiger partial charge in [0.25, 0.3) is 0 Å². The summed E-state index contributed by atoms with van der Waals surface area (Å²) in [6, 6.07) is 4.33. The molecule has 1 aromatic rings. The molecule has 0 aliphatic heterocycles. The number of hydrogen-bond acceptors (Lipinski definition) is 0. The van der Waals surface area contributed by atoms with E-state index in [1.165, 1.54) is 16.3 Å². The second-order valence-electron chi connectivity index (χ2n) is 3.01. The molecule has 12 heavy (non-hydrogen) atoms. The molecule has 3 rings (SSSR count). The van der Waals surface area contributed by atoms with E-state index in [1.807, 2.05) is 6.08 Å². The SMILES string of the molecule is [C]1=Cc2cc3c(cc2=[C]1)C=CC=3. The average Bonchev–Trinajstić information content (AvgIpc) is 2.64. The van der Waals surface area contributed by atoms with Gasteiger partial charge in [-0.25, -0.2) is 0 Å². The monoisotopic (exact) mass is 150 g/mol. The Morgan fingerprint density at radius 2 is 2.08 bits per heavy atom. The van der Waals surface area contributed by atoms with Crippen molar-refractivity contribution in [3.63, 3.8) is 0 Å². The van der Waals surface area contributed by atoms with E-state index in [-0.39, 0.29) is 0 Å². The molecular weight excluding hydrogens is 144 g/mol. The molecule has 0 N–H and O–H groups in total. The molecule has 2 radical (unpaired) electrons. The molecule has 0 bridgehead atoms. The summed E-state index contributed by atoms with van der Waals surface area (Å²) in [5.74, 6) is 0. The summed E-state index contributed by atoms with van der Waals surface area (Å²) in [5.41, 5.74) is 2.52. The van der Waals surface area contributed by atoms with Crippen molar-refractivity contribution in [2.24, 2.45) is 0 Å². The molecule has 0 nitrogen and oxygen atoms in total. The first-order valence-electron chi connectivity index (χ1n) is 3.98. The van der Waals surface area contributed by atoms with Gasteiger partial charge in [0.2, 0.25) is 0 Å². The third-order valence-electron chi connectivity index (χ3n) is 2.24. The molecule has 0 saturated carbocycles. The molecule has 0 heterocycles. The van der Waals surface area contributed by atoms with Crippen molar-refractivity contribution >= 4 is 24.3 Å². The molecule has 2 aliphatic carbocycles. The van der Waals surface area contributed by atoms with E-state index in [9.17, 15) is 0 Å². The standard InChI is InChI=1S/C12H6/c1-3-9-7-11-5-2-6-12(11)8-10(9)4-1/h1,3-5,7-8H. The average molecular weight is 150 g/mol. The van der Waals surface area contributed by atoms with Crippen LogP contribution in [0.15, 0.2) is 18.2 Å². The minimum absolute atomic E-state index is 1.16. The Morgan fingerprint density at radius 3 is 3.08 bits per heavy atom. The second kappa shape index (κ2) is 1.98. The van der Waals surface area contributed by atoms with Gasteiger partial charge >= 0.3 is 0 Å². The zero-order valence-corrected chi connectivity index (χ0v) is 6.46. The van der Waals surface area contributed by atoms with E-state index in [0.29, 0.717) is 0 Å². The highest BCUT2D eigenvalue weighted by molar-refractivity contribution is 5.71. The van der Waals surface area contributed by atoms with Crippen molar-refractivity contribution in [2.45, 2.75) is 0 Å². The second-order valence-corrected chi connectivity index (χ2v) is 3.01. The lowest BCUT2D eigenvalue weighted by Crippen LogP contribution is -2.12. The van der Waals surface area contributed by atoms with Crippen LogP contribution in [0, 0.1) is 6.08 Å². The Hall–Kier alpha value is -1.56. The summed E-state index contributed by atoms with van der Waals surface area (Å²) in [7, 11) is 0. The van der Waals surface area contributed by atoms with E-state index in [0.717, 1.165) is 5.22 Å². The van der Waals surface area contributed by atoms with Gasteiger partial charge in [0.15, 0.2) is 0 Å². The third kappa shape index (κ3) is 0.668. The molecule has 1 aromatic carbocycles. The van der Waals surface area contributed by atoms with Crippen LogP contribution in [0.1, 0.15) is 11.1 Å². The summed E-state index contributed by atoms with van der Waals surface area (Å²) in [4.78, 5) is 0. The van der Waals surface area contributed by atoms with Crippen LogP contribution in [-0.2, 0) is 0 Å². The van der Waals surface area contributed by atoms with Gasteiger partial charge in [-0.3, -0.25) is 0 Å². The first-order valence-corrected chi connectivity index (χ1v) is 3.98. The van der Waals surface area contributed by atoms with Crippen LogP contribution < -0.4 is 10.4 Å². The van der Waals surface area contributed by atoms with Crippen molar-refractivity contribution in [2.75, 3.05) is 0 Å². The summed E-state index contributed by atoms with van der Waals surface area (Å²) < 4.78 is 0. The van der Waals surface area contributed by atoms with E-state index in [4.69, 9.17) is 0 Å². The smallest absolute Gasteiger partial charge is 0.00137 e. The van der Waals surface area contributed by atoms with E-state index < -0.39 is 0 Å². The maximum atomic E-state index is 3.08. The van der Waals surface area contributed by atoms with Crippen LogP contribution in [0.5, 0.6) is 0 Å². The predicted octanol–water partition coefficient (Wildman–Crippen LogP) is 0.981. The molecule has 0 heteroatoms. The third-order valence-corrected chi connectivity index (χ3v) is 2.24. The van der Waals surface area contributed by atoms with Crippen LogP contribution in [0.25, 0.3) is 24.3 Å². The Labute approximate surface area is 70.9 Å². The van der Waals surface area contributed by atoms with Gasteiger partial charge < -0.3 is 0 Å². The molecule has 0 atom stereocenters. The summed E-state index contributed by atoms with van der Waals surface area (Å²) in [6.07, 6.45) is 14.4. The number of fused-ring (bicyclic) bond motifs is 2. The minimum atomic E-state index is 1.16. The van der Waals surface area contributed by atoms with Crippen molar-refractivity contribution in [3.05, 3.63) is 45.8 Å². The van der Waals surface area contributed by atoms with Gasteiger partial charge in [0, 0.05) is 0 Å². The maximum Gasteiger partial charge on any atom is -0.00137 e. The molecule has 0 saturated heterocycles. The van der Waals surface area contributed by atoms with Crippen LogP contribution in [0.4, 0.5) is 0 Å². The Kier molecular flexibility index (Phi) is 0.991. The molecule has 0 fully saturated rings. The van der Waals surface area contributed by atoms with E-state index >= 15 is 0 Å². The van der Waals surface area contributed by atoms with Crippen LogP contribution in [-0.4, -0.2) is 0 Å². The molecule has 2 aliphatic rings. The molecule has 0 unspecified atom stereocenters. The lowest BCUT2D eigenvalue weighted by Gasteiger charge is -1.94. The van der Waals surface area contributed by atoms with Crippen molar-refractivity contribution < 1.29 is 0 Å². The summed E-state index contributed by atoms with van der Waals surface area (Å²) >= 11 is 0. The molecule has 54 valence electrons. The topological polar surface area (TPSA) is 0 Å². The molecule has 0 aromatic heterocycles. The molecule has 0 spiro atoms. The lowest BCUT2D eigenvalue weighted by molar-refractivity contribution is 1.51. The van der Waals surface area contributed by atoms with Gasteiger partial charge in [-0.1, -0.05) is 18.2 Å². The number of hydrogen-bond donors (Lipinski definition) is 0. The number of benzene rings is 1. The fourth-order valence-corrected chi connectivity index (χ4v) is 1.61. The van der Waals surface area contributed by atoms with Crippen LogP contribution >= 0.6 is 0 Å². The summed E-state index contributed by atoms with van der Waals surface area (Å²) in [6.45, 7) is 0. The highest BCUT2D eigenvalue weighted by atomic mass is 14.1. The van der Waals surface area contributed by atoms with Crippen molar-refractivity contribution in [1.29, 1.82) is 0 Å². The van der Waals surface area contributed by atoms with E-state index in [2.05, 4.69) is 42.5 Å². The van der Waals surface area contributed by atoms with Gasteiger partial charge in [-0.15, -0.1) is 0 Å². The fourth-order valence-electron chi connectivity index (χ4n) is 1.61. The van der Waals surface area contributed by atoms with Crippen molar-refractivity contribution in [3.8, 4) is 0 Å². The maximum absolute atomic E-state index is 3.08. The Bertz CT molecular complexity index is 464. The van der Waals surface area contributed by atoms with Gasteiger partial charge in [0.1, 0.15) is 0 Å². The predicted molar refractivity (Wildman–Crippen MR) is 50.3 cm³/mol. The zero-order chi connectivity index (χ0) is 7.97. The lowest BCUT2D eigenvalue weighted by atomic mass is 10.1. The van der Waals surface area contributed by atoms with Gasteiger partial charge in [0.05, 0.1) is 0 Å². The first kappa shape index (κ1) is 6.01. The van der Waals surface area contributed by atoms with Crippen molar-refractivity contribution in [1.82, 2.24) is 0 Å². The summed E-state index contributed by atoms with van der Waals surface area (Å²) in [5, 5.41) is 2.46. The largest absolute Gasteiger partial charge is 0.0610 e. The van der Waals surface area contributed by atoms with E-state index in [1.54, 1.807) is 0 Å².